The average Bonchev–Trinajstić information content (AvgIpc) is 3.04. The van der Waals surface area contributed by atoms with Crippen molar-refractivity contribution in [2.45, 2.75) is 25.7 Å². The summed E-state index contributed by atoms with van der Waals surface area (Å²) in [6.45, 7) is 1.65. The number of nitrogens with zero attached hydrogens (tertiary/aromatic N) is 6. The molecule has 2 aromatic rings. The van der Waals surface area contributed by atoms with Crippen molar-refractivity contribution in [1.29, 1.82) is 5.26 Å². The lowest BCUT2D eigenvalue weighted by atomic mass is 10.2. The van der Waals surface area contributed by atoms with Crippen LogP contribution in [0.1, 0.15) is 31.5 Å². The van der Waals surface area contributed by atoms with Gasteiger partial charge in [-0.05, 0) is 30.2 Å². The quantitative estimate of drug-likeness (QED) is 0.474. The smallest absolute Gasteiger partial charge is 0.294 e. The van der Waals surface area contributed by atoms with Crippen LogP contribution in [0.4, 0.5) is 17.1 Å². The topological polar surface area (TPSA) is 137 Å². The van der Waals surface area contributed by atoms with E-state index in [1.54, 1.807) is 12.1 Å². The summed E-state index contributed by atoms with van der Waals surface area (Å²) in [7, 11) is 0. The van der Waals surface area contributed by atoms with E-state index in [1.165, 1.54) is 12.3 Å². The molecule has 10 heteroatoms. The fourth-order valence-electron chi connectivity index (χ4n) is 2.92. The van der Waals surface area contributed by atoms with E-state index in [1.807, 2.05) is 6.07 Å². The zero-order valence-electron chi connectivity index (χ0n) is 14.1. The van der Waals surface area contributed by atoms with E-state index in [0.717, 1.165) is 38.8 Å². The molecule has 0 atom stereocenters. The van der Waals surface area contributed by atoms with Gasteiger partial charge in [0, 0.05) is 31.0 Å². The van der Waals surface area contributed by atoms with Crippen molar-refractivity contribution in [2.24, 2.45) is 0 Å². The Balaban J connectivity index is 1.84. The van der Waals surface area contributed by atoms with Crippen LogP contribution in [-0.4, -0.2) is 38.6 Å². The molecule has 0 aliphatic carbocycles. The van der Waals surface area contributed by atoms with Crippen molar-refractivity contribution in [3.63, 3.8) is 0 Å². The fraction of sp³-hybridized carbons (Fsp3) is 0.375. The van der Waals surface area contributed by atoms with Gasteiger partial charge in [0.25, 0.3) is 5.69 Å². The van der Waals surface area contributed by atoms with Gasteiger partial charge in [-0.1, -0.05) is 12.8 Å². The van der Waals surface area contributed by atoms with E-state index in [-0.39, 0.29) is 22.0 Å². The number of anilines is 2. The Morgan fingerprint density at radius 3 is 2.73 bits per heavy atom. The molecular formula is C16H18N8O2. The number of allylic oxidation sites excluding steroid dienone is 1. The first kappa shape index (κ1) is 17.3. The molecule has 0 unspecified atom stereocenters. The molecule has 1 aromatic carbocycles. The number of nitro benzene ring substituents is 1. The van der Waals surface area contributed by atoms with E-state index in [0.29, 0.717) is 11.4 Å². The van der Waals surface area contributed by atoms with Crippen molar-refractivity contribution >= 4 is 22.6 Å². The van der Waals surface area contributed by atoms with Crippen molar-refractivity contribution in [1.82, 2.24) is 20.6 Å². The van der Waals surface area contributed by atoms with Crippen molar-refractivity contribution in [3.8, 4) is 6.07 Å². The number of benzene rings is 1. The van der Waals surface area contributed by atoms with E-state index in [4.69, 9.17) is 5.26 Å². The standard InChI is InChI=1S/C16H18N8O2/c17-10-12(16-19-21-22-20-16)11-18-13-5-6-14(15(9-13)24(25)26)23-7-3-1-2-4-8-23/h5-6,9,11,18H,1-4,7-8H2,(H,19,20,21,22). The number of tetrazole rings is 1. The number of nitro groups is 1. The van der Waals surface area contributed by atoms with Gasteiger partial charge in [-0.15, -0.1) is 10.2 Å². The summed E-state index contributed by atoms with van der Waals surface area (Å²) in [6, 6.07) is 6.94. The van der Waals surface area contributed by atoms with Gasteiger partial charge < -0.3 is 10.2 Å². The summed E-state index contributed by atoms with van der Waals surface area (Å²) in [5, 5.41) is 36.7. The summed E-state index contributed by atoms with van der Waals surface area (Å²) in [5.74, 6) is 0.149. The number of aromatic amines is 1. The molecule has 0 bridgehead atoms. The Hall–Kier alpha value is -3.48. The van der Waals surface area contributed by atoms with Crippen LogP contribution in [0.3, 0.4) is 0 Å². The van der Waals surface area contributed by atoms with Gasteiger partial charge in [-0.25, -0.2) is 0 Å². The number of rotatable bonds is 5. The highest BCUT2D eigenvalue weighted by Crippen LogP contribution is 2.32. The lowest BCUT2D eigenvalue weighted by molar-refractivity contribution is -0.384. The number of H-pyrrole nitrogens is 1. The molecule has 2 heterocycles. The maximum absolute atomic E-state index is 11.5. The van der Waals surface area contributed by atoms with Gasteiger partial charge in [0.2, 0.25) is 5.82 Å². The Bertz CT molecular complexity index is 832. The molecule has 0 spiro atoms. The second kappa shape index (κ2) is 8.06. The molecule has 0 radical (unpaired) electrons. The van der Waals surface area contributed by atoms with Crippen LogP contribution in [0.2, 0.25) is 0 Å². The Labute approximate surface area is 149 Å². The molecule has 1 saturated heterocycles. The molecule has 1 aliphatic heterocycles. The predicted molar refractivity (Wildman–Crippen MR) is 95.2 cm³/mol. The third-order valence-corrected chi connectivity index (χ3v) is 4.21. The molecule has 134 valence electrons. The first-order valence-corrected chi connectivity index (χ1v) is 8.33. The lowest BCUT2D eigenvalue weighted by Gasteiger charge is -2.22. The largest absolute Gasteiger partial charge is 0.366 e. The first-order valence-electron chi connectivity index (χ1n) is 8.33. The second-order valence-electron chi connectivity index (χ2n) is 5.91. The highest BCUT2D eigenvalue weighted by Gasteiger charge is 2.21. The molecule has 10 nitrogen and oxygen atoms in total. The molecule has 1 aromatic heterocycles. The van der Waals surface area contributed by atoms with Gasteiger partial charge in [-0.2, -0.15) is 10.5 Å². The zero-order valence-corrected chi connectivity index (χ0v) is 14.1. The Kier molecular flexibility index (Phi) is 5.38. The van der Waals surface area contributed by atoms with Gasteiger partial charge in [-0.3, -0.25) is 10.1 Å². The first-order chi connectivity index (χ1) is 12.7. The maximum atomic E-state index is 11.5. The summed E-state index contributed by atoms with van der Waals surface area (Å²) < 4.78 is 0. The van der Waals surface area contributed by atoms with Crippen LogP contribution in [-0.2, 0) is 0 Å². The normalized spacial score (nSPS) is 15.2. The van der Waals surface area contributed by atoms with E-state index >= 15 is 0 Å². The van der Waals surface area contributed by atoms with Gasteiger partial charge in [0.05, 0.1) is 4.92 Å². The number of nitriles is 1. The van der Waals surface area contributed by atoms with E-state index in [9.17, 15) is 10.1 Å². The van der Waals surface area contributed by atoms with Crippen LogP contribution in [0, 0.1) is 21.4 Å². The highest BCUT2D eigenvalue weighted by atomic mass is 16.6. The molecule has 3 rings (SSSR count). The van der Waals surface area contributed by atoms with Crippen molar-refractivity contribution < 1.29 is 4.92 Å². The summed E-state index contributed by atoms with van der Waals surface area (Å²) >= 11 is 0. The molecule has 2 N–H and O–H groups in total. The molecule has 0 amide bonds. The third-order valence-electron chi connectivity index (χ3n) is 4.21. The van der Waals surface area contributed by atoms with Gasteiger partial charge >= 0.3 is 0 Å². The van der Waals surface area contributed by atoms with Crippen LogP contribution in [0.15, 0.2) is 24.4 Å². The van der Waals surface area contributed by atoms with E-state index in [2.05, 4.69) is 30.8 Å². The average molecular weight is 354 g/mol. The molecule has 1 fully saturated rings. The SMILES string of the molecule is N#CC(=CNc1ccc(N2CCCCCC2)c([N+](=O)[O-])c1)c1nn[nH]n1. The van der Waals surface area contributed by atoms with E-state index < -0.39 is 0 Å². The summed E-state index contributed by atoms with van der Waals surface area (Å²) in [4.78, 5) is 13.2. The van der Waals surface area contributed by atoms with Crippen molar-refractivity contribution in [3.05, 3.63) is 40.3 Å². The van der Waals surface area contributed by atoms with Crippen molar-refractivity contribution in [2.75, 3.05) is 23.3 Å². The minimum absolute atomic E-state index is 0.0448. The molecule has 26 heavy (non-hydrogen) atoms. The summed E-state index contributed by atoms with van der Waals surface area (Å²) in [6.07, 6.45) is 5.78. The summed E-state index contributed by atoms with van der Waals surface area (Å²) in [5.41, 5.74) is 1.35. The van der Waals surface area contributed by atoms with Gasteiger partial charge in [0.1, 0.15) is 17.3 Å². The fourth-order valence-corrected chi connectivity index (χ4v) is 2.92. The number of hydrogen-bond acceptors (Lipinski definition) is 8. The minimum atomic E-state index is -0.375. The van der Waals surface area contributed by atoms with Crippen LogP contribution < -0.4 is 10.2 Å². The Morgan fingerprint density at radius 2 is 2.12 bits per heavy atom. The van der Waals surface area contributed by atoms with Crippen LogP contribution in [0.25, 0.3) is 5.57 Å². The lowest BCUT2D eigenvalue weighted by Crippen LogP contribution is -2.24. The second-order valence-corrected chi connectivity index (χ2v) is 5.91. The monoisotopic (exact) mass is 354 g/mol. The highest BCUT2D eigenvalue weighted by molar-refractivity contribution is 5.75. The number of hydrogen-bond donors (Lipinski definition) is 2. The zero-order chi connectivity index (χ0) is 18.4. The Morgan fingerprint density at radius 1 is 1.35 bits per heavy atom. The molecular weight excluding hydrogens is 336 g/mol. The predicted octanol–water partition coefficient (Wildman–Crippen LogP) is 2.46. The maximum Gasteiger partial charge on any atom is 0.294 e. The van der Waals surface area contributed by atoms with Crippen LogP contribution in [0.5, 0.6) is 0 Å². The minimum Gasteiger partial charge on any atom is -0.366 e. The molecule has 1 aliphatic rings. The number of aromatic nitrogens is 4. The number of nitrogens with one attached hydrogen (secondary N) is 2. The third kappa shape index (κ3) is 3.94. The van der Waals surface area contributed by atoms with Crippen LogP contribution >= 0.6 is 0 Å². The molecule has 0 saturated carbocycles. The van der Waals surface area contributed by atoms with Gasteiger partial charge in [0.15, 0.2) is 0 Å².